The largest absolute Gasteiger partial charge is 0.496 e. The molecule has 190 valence electrons. The molecule has 0 bridgehead atoms. The molecule has 0 unspecified atom stereocenters. The van der Waals surface area contributed by atoms with Gasteiger partial charge in [-0.05, 0) is 67.4 Å². The average molecular weight is 504 g/mol. The maximum atomic E-state index is 13.5. The van der Waals surface area contributed by atoms with Crippen molar-refractivity contribution in [1.29, 1.82) is 0 Å². The fraction of sp³-hybridized carbons (Fsp3) is 0.258. The number of fused-ring (bicyclic) bond motifs is 4. The molecule has 38 heavy (non-hydrogen) atoms. The molecular formula is C31H29N5O2. The lowest BCUT2D eigenvalue weighted by molar-refractivity contribution is 0.0729. The van der Waals surface area contributed by atoms with Gasteiger partial charge in [0.05, 0.1) is 24.5 Å². The highest BCUT2D eigenvalue weighted by Crippen LogP contribution is 2.41. The predicted molar refractivity (Wildman–Crippen MR) is 149 cm³/mol. The van der Waals surface area contributed by atoms with E-state index in [1.807, 2.05) is 60.9 Å². The number of ether oxygens (including phenoxy) is 1. The second kappa shape index (κ2) is 8.96. The Bertz CT molecular complexity index is 1660. The van der Waals surface area contributed by atoms with E-state index < -0.39 is 0 Å². The standard InChI is InChI=1S/C31H29N5O2/c1-35-17-22-11-13-36(27(22)18-35)31(37)20-7-5-19(6-8-20)29-28(38-2)10-9-24-30(29)23-14-25(33-16-26(23)34-24)21-4-3-12-32-15-21/h3-10,12,14-16,22,27,34H,11,13,17-18H2,1-2H3/t22-,27+/m0/s1. The smallest absolute Gasteiger partial charge is 0.254 e. The van der Waals surface area contributed by atoms with Crippen LogP contribution in [-0.4, -0.2) is 70.5 Å². The first kappa shape index (κ1) is 22.9. The number of H-pyrrole nitrogens is 1. The number of hydrogen-bond acceptors (Lipinski definition) is 5. The molecule has 1 N–H and O–H groups in total. The zero-order valence-electron chi connectivity index (χ0n) is 21.5. The first-order valence-corrected chi connectivity index (χ1v) is 13.1. The highest BCUT2D eigenvalue weighted by atomic mass is 16.5. The van der Waals surface area contributed by atoms with Crippen LogP contribution in [0, 0.1) is 5.92 Å². The number of amides is 1. The van der Waals surface area contributed by atoms with Crippen LogP contribution in [0.3, 0.4) is 0 Å². The van der Waals surface area contributed by atoms with Gasteiger partial charge in [-0.3, -0.25) is 14.8 Å². The third-order valence-electron chi connectivity index (χ3n) is 8.20. The SMILES string of the molecule is COc1ccc2[nH]c3cnc(-c4cccnc4)cc3c2c1-c1ccc(C(=O)N2CC[C@H]3CN(C)C[C@H]32)cc1. The summed E-state index contributed by atoms with van der Waals surface area (Å²) in [6.07, 6.45) is 6.56. The van der Waals surface area contributed by atoms with Crippen molar-refractivity contribution in [3.8, 4) is 28.1 Å². The normalized spacial score (nSPS) is 19.4. The molecule has 2 saturated heterocycles. The van der Waals surface area contributed by atoms with E-state index in [0.29, 0.717) is 12.0 Å². The van der Waals surface area contributed by atoms with E-state index in [2.05, 4.69) is 37.9 Å². The molecule has 2 aromatic carbocycles. The van der Waals surface area contributed by atoms with Crippen LogP contribution in [0.4, 0.5) is 0 Å². The molecule has 5 aromatic rings. The summed E-state index contributed by atoms with van der Waals surface area (Å²) >= 11 is 0. The third kappa shape index (κ3) is 3.65. The Kier molecular flexibility index (Phi) is 5.40. The van der Waals surface area contributed by atoms with Gasteiger partial charge < -0.3 is 19.5 Å². The number of methoxy groups -OCH3 is 1. The monoisotopic (exact) mass is 503 g/mol. The van der Waals surface area contributed by atoms with Gasteiger partial charge in [0.1, 0.15) is 5.75 Å². The Morgan fingerprint density at radius 3 is 2.68 bits per heavy atom. The summed E-state index contributed by atoms with van der Waals surface area (Å²) in [5, 5.41) is 2.14. The fourth-order valence-electron chi connectivity index (χ4n) is 6.37. The lowest BCUT2D eigenvalue weighted by Gasteiger charge is -2.24. The maximum absolute atomic E-state index is 13.5. The minimum atomic E-state index is 0.129. The highest BCUT2D eigenvalue weighted by molar-refractivity contribution is 6.16. The first-order chi connectivity index (χ1) is 18.6. The Morgan fingerprint density at radius 2 is 1.89 bits per heavy atom. The molecule has 1 amide bonds. The van der Waals surface area contributed by atoms with Gasteiger partial charge in [0, 0.05) is 71.0 Å². The van der Waals surface area contributed by atoms with Crippen molar-refractivity contribution in [3.05, 3.63) is 78.8 Å². The Hall–Kier alpha value is -4.23. The van der Waals surface area contributed by atoms with E-state index >= 15 is 0 Å². The molecule has 2 fully saturated rings. The summed E-state index contributed by atoms with van der Waals surface area (Å²) in [5.74, 6) is 1.51. The summed E-state index contributed by atoms with van der Waals surface area (Å²) in [4.78, 5) is 30.3. The summed E-state index contributed by atoms with van der Waals surface area (Å²) in [5.41, 5.74) is 6.53. The molecule has 2 atom stereocenters. The number of likely N-dealkylation sites (N-methyl/N-ethyl adjacent to an activating group) is 1. The van der Waals surface area contributed by atoms with E-state index in [1.54, 1.807) is 13.3 Å². The number of aromatic nitrogens is 3. The van der Waals surface area contributed by atoms with Crippen LogP contribution in [0.25, 0.3) is 44.2 Å². The molecule has 7 heteroatoms. The van der Waals surface area contributed by atoms with Crippen molar-refractivity contribution in [3.63, 3.8) is 0 Å². The second-order valence-corrected chi connectivity index (χ2v) is 10.5. The molecule has 5 heterocycles. The average Bonchev–Trinajstić information content (AvgIpc) is 3.64. The number of nitrogens with one attached hydrogen (secondary N) is 1. The van der Waals surface area contributed by atoms with Gasteiger partial charge in [-0.1, -0.05) is 12.1 Å². The number of carbonyl (C=O) groups excluding carboxylic acids is 1. The van der Waals surface area contributed by atoms with Gasteiger partial charge in [0.2, 0.25) is 0 Å². The van der Waals surface area contributed by atoms with Crippen LogP contribution in [0.1, 0.15) is 16.8 Å². The van der Waals surface area contributed by atoms with Crippen molar-refractivity contribution in [2.45, 2.75) is 12.5 Å². The number of nitrogens with zero attached hydrogens (tertiary/aromatic N) is 4. The number of benzene rings is 2. The summed E-state index contributed by atoms with van der Waals surface area (Å²) in [7, 11) is 3.84. The predicted octanol–water partition coefficient (Wildman–Crippen LogP) is 5.23. The van der Waals surface area contributed by atoms with Gasteiger partial charge in [-0.2, -0.15) is 0 Å². The second-order valence-electron chi connectivity index (χ2n) is 10.5. The van der Waals surface area contributed by atoms with E-state index in [4.69, 9.17) is 4.74 Å². The topological polar surface area (TPSA) is 74.3 Å². The zero-order valence-corrected chi connectivity index (χ0v) is 21.5. The molecule has 0 radical (unpaired) electrons. The van der Waals surface area contributed by atoms with E-state index in [-0.39, 0.29) is 5.91 Å². The first-order valence-electron chi connectivity index (χ1n) is 13.1. The highest BCUT2D eigenvalue weighted by Gasteiger charge is 2.42. The van der Waals surface area contributed by atoms with Crippen molar-refractivity contribution in [2.24, 2.45) is 5.92 Å². The quantitative estimate of drug-likeness (QED) is 0.364. The van der Waals surface area contributed by atoms with Crippen LogP contribution in [-0.2, 0) is 0 Å². The Morgan fingerprint density at radius 1 is 1.03 bits per heavy atom. The molecule has 0 saturated carbocycles. The molecule has 3 aromatic heterocycles. The van der Waals surface area contributed by atoms with Crippen LogP contribution in [0.5, 0.6) is 5.75 Å². The maximum Gasteiger partial charge on any atom is 0.254 e. The number of pyridine rings is 2. The van der Waals surface area contributed by atoms with Crippen LogP contribution in [0.15, 0.2) is 73.2 Å². The molecular weight excluding hydrogens is 474 g/mol. The third-order valence-corrected chi connectivity index (χ3v) is 8.20. The van der Waals surface area contributed by atoms with Crippen LogP contribution >= 0.6 is 0 Å². The van der Waals surface area contributed by atoms with Crippen LogP contribution in [0.2, 0.25) is 0 Å². The van der Waals surface area contributed by atoms with E-state index in [9.17, 15) is 4.79 Å². The molecule has 7 rings (SSSR count). The van der Waals surface area contributed by atoms with Gasteiger partial charge >= 0.3 is 0 Å². The number of likely N-dealkylation sites (tertiary alicyclic amines) is 2. The van der Waals surface area contributed by atoms with Gasteiger partial charge in [-0.25, -0.2) is 0 Å². The van der Waals surface area contributed by atoms with Gasteiger partial charge in [-0.15, -0.1) is 0 Å². The fourth-order valence-corrected chi connectivity index (χ4v) is 6.37. The number of carbonyl (C=O) groups is 1. The number of hydrogen-bond donors (Lipinski definition) is 1. The minimum Gasteiger partial charge on any atom is -0.496 e. The van der Waals surface area contributed by atoms with Crippen molar-refractivity contribution < 1.29 is 9.53 Å². The Labute approximate surface area is 221 Å². The van der Waals surface area contributed by atoms with Crippen LogP contribution < -0.4 is 4.74 Å². The molecule has 7 nitrogen and oxygen atoms in total. The lowest BCUT2D eigenvalue weighted by Crippen LogP contribution is -2.39. The Balaban J connectivity index is 1.30. The van der Waals surface area contributed by atoms with Crippen molar-refractivity contribution in [1.82, 2.24) is 24.8 Å². The minimum absolute atomic E-state index is 0.129. The molecule has 2 aliphatic heterocycles. The lowest BCUT2D eigenvalue weighted by atomic mass is 9.97. The summed E-state index contributed by atoms with van der Waals surface area (Å²) in [6, 6.07) is 18.4. The number of aromatic amines is 1. The molecule has 0 spiro atoms. The van der Waals surface area contributed by atoms with Crippen molar-refractivity contribution in [2.75, 3.05) is 33.8 Å². The molecule has 0 aliphatic carbocycles. The van der Waals surface area contributed by atoms with Gasteiger partial charge in [0.15, 0.2) is 0 Å². The van der Waals surface area contributed by atoms with Crippen molar-refractivity contribution >= 4 is 27.7 Å². The zero-order chi connectivity index (χ0) is 25.8. The summed E-state index contributed by atoms with van der Waals surface area (Å²) < 4.78 is 5.84. The van der Waals surface area contributed by atoms with E-state index in [0.717, 1.165) is 81.6 Å². The summed E-state index contributed by atoms with van der Waals surface area (Å²) in [6.45, 7) is 2.89. The molecule has 2 aliphatic rings. The number of rotatable bonds is 4. The van der Waals surface area contributed by atoms with Gasteiger partial charge in [0.25, 0.3) is 5.91 Å². The van der Waals surface area contributed by atoms with E-state index in [1.165, 1.54) is 0 Å².